The Kier molecular flexibility index (Phi) is 9.08. The van der Waals surface area contributed by atoms with Gasteiger partial charge in [-0.1, -0.05) is 13.8 Å². The first-order valence-corrected chi connectivity index (χ1v) is 9.03. The van der Waals surface area contributed by atoms with E-state index < -0.39 is 0 Å². The van der Waals surface area contributed by atoms with Crippen LogP contribution in [0.4, 0.5) is 0 Å². The summed E-state index contributed by atoms with van der Waals surface area (Å²) in [5, 5.41) is 6.67. The summed E-state index contributed by atoms with van der Waals surface area (Å²) in [6.07, 6.45) is 2.39. The monoisotopic (exact) mass is 325 g/mol. The second-order valence-corrected chi connectivity index (χ2v) is 6.48. The molecule has 0 bridgehead atoms. The molecular formula is C16H31N5S. The van der Waals surface area contributed by atoms with Gasteiger partial charge in [-0.15, -0.1) is 11.3 Å². The van der Waals surface area contributed by atoms with Gasteiger partial charge in [-0.25, -0.2) is 4.98 Å². The van der Waals surface area contributed by atoms with Crippen molar-refractivity contribution in [2.24, 2.45) is 4.99 Å². The van der Waals surface area contributed by atoms with Crippen LogP contribution >= 0.6 is 11.3 Å². The average molecular weight is 326 g/mol. The van der Waals surface area contributed by atoms with Crippen LogP contribution in [0.5, 0.6) is 0 Å². The zero-order valence-electron chi connectivity index (χ0n) is 14.7. The van der Waals surface area contributed by atoms with Crippen LogP contribution in [0, 0.1) is 6.92 Å². The maximum Gasteiger partial charge on any atom is 0.193 e. The predicted molar refractivity (Wildman–Crippen MR) is 96.7 cm³/mol. The highest BCUT2D eigenvalue weighted by Crippen LogP contribution is 2.09. The molecule has 0 aliphatic rings. The Morgan fingerprint density at radius 2 is 2.05 bits per heavy atom. The fourth-order valence-corrected chi connectivity index (χ4v) is 2.99. The first kappa shape index (κ1) is 18.9. The van der Waals surface area contributed by atoms with Crippen LogP contribution < -0.4 is 5.32 Å². The SMILES string of the molecule is CCN(CC)CCCCNC(=NC)N(C)Cc1csc(C)n1. The zero-order valence-corrected chi connectivity index (χ0v) is 15.5. The summed E-state index contributed by atoms with van der Waals surface area (Å²) in [4.78, 5) is 13.4. The van der Waals surface area contributed by atoms with Gasteiger partial charge < -0.3 is 15.1 Å². The Morgan fingerprint density at radius 3 is 2.59 bits per heavy atom. The van der Waals surface area contributed by atoms with E-state index in [4.69, 9.17) is 0 Å². The van der Waals surface area contributed by atoms with Crippen LogP contribution in [0.15, 0.2) is 10.4 Å². The first-order valence-electron chi connectivity index (χ1n) is 8.15. The normalized spacial score (nSPS) is 12.0. The number of rotatable bonds is 9. The third kappa shape index (κ3) is 6.75. The van der Waals surface area contributed by atoms with E-state index in [9.17, 15) is 0 Å². The highest BCUT2D eigenvalue weighted by atomic mass is 32.1. The fraction of sp³-hybridized carbons (Fsp3) is 0.750. The average Bonchev–Trinajstić information content (AvgIpc) is 2.91. The van der Waals surface area contributed by atoms with Crippen molar-refractivity contribution in [2.45, 2.75) is 40.2 Å². The Hall–Kier alpha value is -1.14. The van der Waals surface area contributed by atoms with Gasteiger partial charge in [0.15, 0.2) is 5.96 Å². The van der Waals surface area contributed by atoms with Crippen LogP contribution in [0.3, 0.4) is 0 Å². The topological polar surface area (TPSA) is 43.8 Å². The van der Waals surface area contributed by atoms with E-state index in [0.717, 1.165) is 42.8 Å². The van der Waals surface area contributed by atoms with E-state index in [1.54, 1.807) is 11.3 Å². The summed E-state index contributed by atoms with van der Waals surface area (Å²) in [7, 11) is 3.89. The van der Waals surface area contributed by atoms with E-state index in [1.807, 2.05) is 14.0 Å². The van der Waals surface area contributed by atoms with Gasteiger partial charge in [0.05, 0.1) is 17.2 Å². The number of unbranched alkanes of at least 4 members (excludes halogenated alkanes) is 1. The summed E-state index contributed by atoms with van der Waals surface area (Å²) in [6, 6.07) is 0. The van der Waals surface area contributed by atoms with E-state index in [1.165, 1.54) is 19.4 Å². The first-order chi connectivity index (χ1) is 10.6. The lowest BCUT2D eigenvalue weighted by Gasteiger charge is -2.22. The molecule has 1 aromatic heterocycles. The molecule has 0 atom stereocenters. The van der Waals surface area contributed by atoms with E-state index in [0.29, 0.717) is 0 Å². The van der Waals surface area contributed by atoms with Crippen LogP contribution in [-0.4, -0.2) is 61.0 Å². The van der Waals surface area contributed by atoms with Crippen molar-refractivity contribution in [1.82, 2.24) is 20.1 Å². The van der Waals surface area contributed by atoms with Crippen molar-refractivity contribution in [3.8, 4) is 0 Å². The molecule has 5 nitrogen and oxygen atoms in total. The van der Waals surface area contributed by atoms with Crippen molar-refractivity contribution in [1.29, 1.82) is 0 Å². The maximum absolute atomic E-state index is 4.50. The zero-order chi connectivity index (χ0) is 16.4. The lowest BCUT2D eigenvalue weighted by atomic mass is 10.3. The van der Waals surface area contributed by atoms with Crippen LogP contribution in [0.2, 0.25) is 0 Å². The molecule has 6 heteroatoms. The lowest BCUT2D eigenvalue weighted by Crippen LogP contribution is -2.39. The molecule has 1 rings (SSSR count). The standard InChI is InChI=1S/C16H31N5S/c1-6-21(7-2)11-9-8-10-18-16(17-4)20(5)12-15-13-22-14(3)19-15/h13H,6-12H2,1-5H3,(H,17,18). The molecule has 0 radical (unpaired) electrons. The summed E-state index contributed by atoms with van der Waals surface area (Å²) in [6.45, 7) is 11.7. The highest BCUT2D eigenvalue weighted by molar-refractivity contribution is 7.09. The highest BCUT2D eigenvalue weighted by Gasteiger charge is 2.08. The van der Waals surface area contributed by atoms with Crippen LogP contribution in [0.25, 0.3) is 0 Å². The van der Waals surface area contributed by atoms with Crippen molar-refractivity contribution in [3.63, 3.8) is 0 Å². The van der Waals surface area contributed by atoms with Crippen molar-refractivity contribution in [3.05, 3.63) is 16.1 Å². The molecule has 0 amide bonds. The molecule has 0 aromatic carbocycles. The van der Waals surface area contributed by atoms with E-state index >= 15 is 0 Å². The molecule has 0 aliphatic carbocycles. The number of hydrogen-bond acceptors (Lipinski definition) is 4. The maximum atomic E-state index is 4.50. The van der Waals surface area contributed by atoms with Gasteiger partial charge in [0.2, 0.25) is 0 Å². The number of aromatic nitrogens is 1. The number of nitrogens with one attached hydrogen (secondary N) is 1. The van der Waals surface area contributed by atoms with Gasteiger partial charge in [0.1, 0.15) is 0 Å². The molecule has 126 valence electrons. The molecule has 0 saturated carbocycles. The molecule has 1 aromatic rings. The van der Waals surface area contributed by atoms with Crippen LogP contribution in [0.1, 0.15) is 37.4 Å². The van der Waals surface area contributed by atoms with Gasteiger partial charge in [-0.3, -0.25) is 4.99 Å². The fourth-order valence-electron chi connectivity index (χ4n) is 2.38. The van der Waals surface area contributed by atoms with Gasteiger partial charge in [0, 0.05) is 26.0 Å². The molecule has 0 aliphatic heterocycles. The number of aryl methyl sites for hydroxylation is 1. The molecule has 22 heavy (non-hydrogen) atoms. The number of hydrogen-bond donors (Lipinski definition) is 1. The molecular weight excluding hydrogens is 294 g/mol. The second-order valence-electron chi connectivity index (χ2n) is 5.42. The van der Waals surface area contributed by atoms with Crippen molar-refractivity contribution < 1.29 is 0 Å². The predicted octanol–water partition coefficient (Wildman–Crippen LogP) is 2.58. The Morgan fingerprint density at radius 1 is 1.32 bits per heavy atom. The molecule has 0 fully saturated rings. The summed E-state index contributed by atoms with van der Waals surface area (Å²) in [5.41, 5.74) is 1.11. The van der Waals surface area contributed by atoms with Gasteiger partial charge in [0.25, 0.3) is 0 Å². The number of aliphatic imine (C=N–C) groups is 1. The molecule has 0 unspecified atom stereocenters. The minimum atomic E-state index is 0.795. The van der Waals surface area contributed by atoms with Crippen molar-refractivity contribution >= 4 is 17.3 Å². The summed E-state index contributed by atoms with van der Waals surface area (Å²) in [5.74, 6) is 0.938. The molecule has 0 spiro atoms. The van der Waals surface area contributed by atoms with E-state index in [2.05, 4.69) is 51.4 Å². The number of nitrogens with zero attached hydrogens (tertiary/aromatic N) is 4. The van der Waals surface area contributed by atoms with Crippen LogP contribution in [-0.2, 0) is 6.54 Å². The quantitative estimate of drug-likeness (QED) is 0.430. The van der Waals surface area contributed by atoms with Gasteiger partial charge >= 0.3 is 0 Å². The van der Waals surface area contributed by atoms with Gasteiger partial charge in [-0.2, -0.15) is 0 Å². The largest absolute Gasteiger partial charge is 0.356 e. The Balaban J connectivity index is 2.27. The number of thiazole rings is 1. The third-order valence-corrected chi connectivity index (χ3v) is 4.54. The second kappa shape index (κ2) is 10.6. The van der Waals surface area contributed by atoms with Crippen molar-refractivity contribution in [2.75, 3.05) is 40.3 Å². The Labute approximate surface area is 139 Å². The lowest BCUT2D eigenvalue weighted by molar-refractivity contribution is 0.297. The molecule has 1 N–H and O–H groups in total. The Bertz CT molecular complexity index is 439. The summed E-state index contributed by atoms with van der Waals surface area (Å²) >= 11 is 1.69. The summed E-state index contributed by atoms with van der Waals surface area (Å²) < 4.78 is 0. The van der Waals surface area contributed by atoms with Gasteiger partial charge in [-0.05, 0) is 39.4 Å². The number of guanidine groups is 1. The third-order valence-electron chi connectivity index (χ3n) is 3.72. The minimum absolute atomic E-state index is 0.795. The minimum Gasteiger partial charge on any atom is -0.356 e. The molecule has 1 heterocycles. The van der Waals surface area contributed by atoms with E-state index in [-0.39, 0.29) is 0 Å². The molecule has 0 saturated heterocycles. The smallest absolute Gasteiger partial charge is 0.193 e.